The molecule has 166 valence electrons. The van der Waals surface area contributed by atoms with Crippen molar-refractivity contribution in [2.45, 2.75) is 25.2 Å². The van der Waals surface area contributed by atoms with Gasteiger partial charge in [-0.15, -0.1) is 0 Å². The molecule has 5 rings (SSSR count). The van der Waals surface area contributed by atoms with Crippen LogP contribution in [0.4, 0.5) is 16.2 Å². The standard InChI is InChI=1S/C20H21ClN2O2.C6H5Cl/c1-25-20(24)22-16-11-14-3-2-9-23-10-8-17(18(12-16)19(14)23)13-4-6-15(21)7-5-13;7-6-4-2-1-3-5-6/h4-7,11-12,17H,2-3,8-10H2,1H3,(H,22,24);1-5H. The molecule has 1 amide bonds. The van der Waals surface area contributed by atoms with E-state index in [0.717, 1.165) is 48.1 Å². The highest BCUT2D eigenvalue weighted by Gasteiger charge is 2.31. The zero-order valence-corrected chi connectivity index (χ0v) is 19.5. The highest BCUT2D eigenvalue weighted by atomic mass is 35.5. The fourth-order valence-corrected chi connectivity index (χ4v) is 4.77. The summed E-state index contributed by atoms with van der Waals surface area (Å²) in [6, 6.07) is 21.8. The topological polar surface area (TPSA) is 41.6 Å². The monoisotopic (exact) mass is 468 g/mol. The Balaban J connectivity index is 0.000000300. The molecule has 2 aliphatic heterocycles. The number of halogens is 2. The molecule has 4 nitrogen and oxygen atoms in total. The smallest absolute Gasteiger partial charge is 0.411 e. The van der Waals surface area contributed by atoms with E-state index in [1.54, 1.807) is 0 Å². The zero-order valence-electron chi connectivity index (χ0n) is 18.0. The normalized spacial score (nSPS) is 16.3. The van der Waals surface area contributed by atoms with Gasteiger partial charge in [0.1, 0.15) is 0 Å². The second-order valence-corrected chi connectivity index (χ2v) is 8.84. The van der Waals surface area contributed by atoms with E-state index >= 15 is 0 Å². The molecule has 0 bridgehead atoms. The molecule has 6 heteroatoms. The minimum Gasteiger partial charge on any atom is -0.453 e. The number of nitrogens with one attached hydrogen (secondary N) is 1. The maximum atomic E-state index is 11.7. The molecule has 0 aliphatic carbocycles. The average Bonchev–Trinajstić information content (AvgIpc) is 2.81. The van der Waals surface area contributed by atoms with Crippen molar-refractivity contribution in [1.29, 1.82) is 0 Å². The lowest BCUT2D eigenvalue weighted by Gasteiger charge is -2.40. The average molecular weight is 469 g/mol. The number of ether oxygens (including phenoxy) is 1. The Morgan fingerprint density at radius 3 is 2.38 bits per heavy atom. The third-order valence-electron chi connectivity index (χ3n) is 5.91. The van der Waals surface area contributed by atoms with Crippen LogP contribution in [0.5, 0.6) is 0 Å². The van der Waals surface area contributed by atoms with Gasteiger partial charge in [0.25, 0.3) is 0 Å². The van der Waals surface area contributed by atoms with E-state index in [4.69, 9.17) is 27.9 Å². The summed E-state index contributed by atoms with van der Waals surface area (Å²) >= 11 is 11.6. The fraction of sp³-hybridized carbons (Fsp3) is 0.269. The van der Waals surface area contributed by atoms with Gasteiger partial charge in [0.05, 0.1) is 7.11 Å². The van der Waals surface area contributed by atoms with Gasteiger partial charge in [0, 0.05) is 40.4 Å². The van der Waals surface area contributed by atoms with Crippen molar-refractivity contribution in [3.8, 4) is 0 Å². The predicted octanol–water partition coefficient (Wildman–Crippen LogP) is 7.15. The van der Waals surface area contributed by atoms with Crippen molar-refractivity contribution in [1.82, 2.24) is 0 Å². The van der Waals surface area contributed by atoms with Crippen LogP contribution in [-0.2, 0) is 11.2 Å². The summed E-state index contributed by atoms with van der Waals surface area (Å²) in [5.41, 5.74) is 6.04. The number of carbonyl (C=O) groups excluding carboxylic acids is 1. The van der Waals surface area contributed by atoms with Crippen molar-refractivity contribution >= 4 is 40.7 Å². The summed E-state index contributed by atoms with van der Waals surface area (Å²) in [4.78, 5) is 14.1. The molecule has 1 N–H and O–H groups in total. The molecule has 1 atom stereocenters. The van der Waals surface area contributed by atoms with Crippen LogP contribution < -0.4 is 10.2 Å². The summed E-state index contributed by atoms with van der Waals surface area (Å²) in [6.07, 6.45) is 2.83. The Bertz CT molecular complexity index is 1070. The molecule has 32 heavy (non-hydrogen) atoms. The SMILES string of the molecule is COC(=O)Nc1cc2c3c(c1)C(c1ccc(Cl)cc1)CCN3CCC2.Clc1ccccc1. The van der Waals surface area contributed by atoms with Gasteiger partial charge in [-0.3, -0.25) is 5.32 Å². The number of amides is 1. The van der Waals surface area contributed by atoms with Crippen molar-refractivity contribution in [3.05, 3.63) is 93.5 Å². The number of anilines is 2. The van der Waals surface area contributed by atoms with E-state index in [0.29, 0.717) is 5.92 Å². The highest BCUT2D eigenvalue weighted by Crippen LogP contribution is 2.45. The number of nitrogens with zero attached hydrogens (tertiary/aromatic N) is 1. The molecule has 0 saturated heterocycles. The van der Waals surface area contributed by atoms with E-state index < -0.39 is 6.09 Å². The Morgan fingerprint density at radius 2 is 1.72 bits per heavy atom. The molecule has 0 saturated carbocycles. The number of hydrogen-bond acceptors (Lipinski definition) is 3. The minimum atomic E-state index is -0.432. The molecule has 0 spiro atoms. The van der Waals surface area contributed by atoms with Crippen LogP contribution in [-0.4, -0.2) is 26.3 Å². The lowest BCUT2D eigenvalue weighted by Crippen LogP contribution is -2.36. The molecule has 3 aromatic rings. The number of rotatable bonds is 2. The molecule has 0 aromatic heterocycles. The van der Waals surface area contributed by atoms with Crippen LogP contribution in [0.25, 0.3) is 0 Å². The van der Waals surface area contributed by atoms with Crippen molar-refractivity contribution in [3.63, 3.8) is 0 Å². The summed E-state index contributed by atoms with van der Waals surface area (Å²) in [5.74, 6) is 0.319. The van der Waals surface area contributed by atoms with Crippen LogP contribution in [0.2, 0.25) is 10.0 Å². The number of hydrogen-bond donors (Lipinski definition) is 1. The lowest BCUT2D eigenvalue weighted by molar-refractivity contribution is 0.187. The van der Waals surface area contributed by atoms with Gasteiger partial charge >= 0.3 is 6.09 Å². The first-order valence-corrected chi connectivity index (χ1v) is 11.5. The van der Waals surface area contributed by atoms with Gasteiger partial charge < -0.3 is 9.64 Å². The van der Waals surface area contributed by atoms with Crippen LogP contribution in [0.3, 0.4) is 0 Å². The zero-order chi connectivity index (χ0) is 22.5. The maximum absolute atomic E-state index is 11.7. The molecule has 0 radical (unpaired) electrons. The van der Waals surface area contributed by atoms with Crippen molar-refractivity contribution in [2.75, 3.05) is 30.4 Å². The third-order valence-corrected chi connectivity index (χ3v) is 6.41. The molecule has 0 fully saturated rings. The molecule has 2 heterocycles. The van der Waals surface area contributed by atoms with Gasteiger partial charge in [-0.2, -0.15) is 0 Å². The Labute approximate surface area is 199 Å². The van der Waals surface area contributed by atoms with Crippen LogP contribution in [0.1, 0.15) is 35.4 Å². The Kier molecular flexibility index (Phi) is 7.23. The maximum Gasteiger partial charge on any atom is 0.411 e. The summed E-state index contributed by atoms with van der Waals surface area (Å²) in [5, 5.41) is 4.38. The van der Waals surface area contributed by atoms with Crippen LogP contribution in [0, 0.1) is 0 Å². The minimum absolute atomic E-state index is 0.319. The number of aryl methyl sites for hydroxylation is 1. The molecule has 3 aromatic carbocycles. The number of methoxy groups -OCH3 is 1. The summed E-state index contributed by atoms with van der Waals surface area (Å²) < 4.78 is 4.76. The number of benzene rings is 3. The van der Waals surface area contributed by atoms with Crippen LogP contribution >= 0.6 is 23.2 Å². The van der Waals surface area contributed by atoms with Gasteiger partial charge in [-0.25, -0.2) is 4.79 Å². The first kappa shape index (κ1) is 22.5. The van der Waals surface area contributed by atoms with E-state index in [1.165, 1.54) is 29.5 Å². The fourth-order valence-electron chi connectivity index (χ4n) is 4.49. The van der Waals surface area contributed by atoms with Gasteiger partial charge in [0.2, 0.25) is 0 Å². The first-order chi connectivity index (χ1) is 15.5. The van der Waals surface area contributed by atoms with Crippen molar-refractivity contribution in [2.24, 2.45) is 0 Å². The van der Waals surface area contributed by atoms with Gasteiger partial charge in [0.15, 0.2) is 0 Å². The van der Waals surface area contributed by atoms with E-state index in [9.17, 15) is 4.79 Å². The quantitative estimate of drug-likeness (QED) is 0.434. The highest BCUT2D eigenvalue weighted by molar-refractivity contribution is 6.30. The third kappa shape index (κ3) is 5.20. The lowest BCUT2D eigenvalue weighted by atomic mass is 9.81. The van der Waals surface area contributed by atoms with E-state index in [1.807, 2.05) is 42.5 Å². The second-order valence-electron chi connectivity index (χ2n) is 7.97. The Morgan fingerprint density at radius 1 is 1.00 bits per heavy atom. The van der Waals surface area contributed by atoms with Crippen LogP contribution in [0.15, 0.2) is 66.7 Å². The summed E-state index contributed by atoms with van der Waals surface area (Å²) in [7, 11) is 1.38. The van der Waals surface area contributed by atoms with Gasteiger partial charge in [-0.05, 0) is 72.4 Å². The summed E-state index contributed by atoms with van der Waals surface area (Å²) in [6.45, 7) is 2.17. The van der Waals surface area contributed by atoms with E-state index in [2.05, 4.69) is 34.5 Å². The predicted molar refractivity (Wildman–Crippen MR) is 132 cm³/mol. The largest absolute Gasteiger partial charge is 0.453 e. The Hall–Kier alpha value is -2.69. The number of carbonyl (C=O) groups is 1. The molecular weight excluding hydrogens is 443 g/mol. The molecule has 1 unspecified atom stereocenters. The molecule has 2 aliphatic rings. The van der Waals surface area contributed by atoms with Gasteiger partial charge in [-0.1, -0.05) is 53.5 Å². The molecular formula is C26H26Cl2N2O2. The second kappa shape index (κ2) is 10.3. The first-order valence-electron chi connectivity index (χ1n) is 10.8. The van der Waals surface area contributed by atoms with E-state index in [-0.39, 0.29) is 0 Å². The van der Waals surface area contributed by atoms with Crippen molar-refractivity contribution < 1.29 is 9.53 Å².